The van der Waals surface area contributed by atoms with Gasteiger partial charge in [-0.15, -0.1) is 0 Å². The number of carbonyl (C=O) groups excluding carboxylic acids is 2. The maximum absolute atomic E-state index is 12.1. The fourth-order valence-corrected chi connectivity index (χ4v) is 3.07. The molecule has 1 N–H and O–H groups in total. The minimum absolute atomic E-state index is 0.112. The lowest BCUT2D eigenvalue weighted by Crippen LogP contribution is -2.57. The highest BCUT2D eigenvalue weighted by molar-refractivity contribution is 14.1. The highest BCUT2D eigenvalue weighted by atomic mass is 127. The molecule has 1 fully saturated rings. The van der Waals surface area contributed by atoms with Crippen LogP contribution in [0.25, 0.3) is 0 Å². The van der Waals surface area contributed by atoms with E-state index in [1.807, 2.05) is 24.3 Å². The Morgan fingerprint density at radius 1 is 1.18 bits per heavy atom. The quantitative estimate of drug-likeness (QED) is 0.591. The molecule has 6 heteroatoms. The summed E-state index contributed by atoms with van der Waals surface area (Å²) in [4.78, 5) is 24.2. The Labute approximate surface area is 143 Å². The number of hydrogen-bond donors (Lipinski definition) is 1. The Bertz CT molecular complexity index is 523. The lowest BCUT2D eigenvalue weighted by atomic mass is 9.81. The van der Waals surface area contributed by atoms with E-state index in [1.54, 1.807) is 0 Å². The third-order valence-electron chi connectivity index (χ3n) is 3.85. The van der Waals surface area contributed by atoms with Crippen molar-refractivity contribution in [2.45, 2.75) is 37.6 Å². The molecule has 0 saturated heterocycles. The number of carbonyl (C=O) groups is 2. The fourth-order valence-electron chi connectivity index (χ4n) is 2.71. The normalized spacial score (nSPS) is 16.6. The van der Waals surface area contributed by atoms with Gasteiger partial charge in [0, 0.05) is 3.57 Å². The van der Waals surface area contributed by atoms with Gasteiger partial charge in [-0.2, -0.15) is 0 Å². The Morgan fingerprint density at radius 2 is 1.82 bits per heavy atom. The van der Waals surface area contributed by atoms with Crippen molar-refractivity contribution in [2.24, 2.45) is 0 Å². The van der Waals surface area contributed by atoms with E-state index in [4.69, 9.17) is 9.47 Å². The maximum Gasteiger partial charge on any atom is 0.331 e. The second kappa shape index (κ2) is 7.80. The van der Waals surface area contributed by atoms with E-state index < -0.39 is 5.54 Å². The van der Waals surface area contributed by atoms with Gasteiger partial charge in [-0.3, -0.25) is 4.79 Å². The minimum Gasteiger partial charge on any atom is -0.484 e. The summed E-state index contributed by atoms with van der Waals surface area (Å²) in [6, 6.07) is 7.44. The van der Waals surface area contributed by atoms with Crippen LogP contribution in [0.15, 0.2) is 24.3 Å². The van der Waals surface area contributed by atoms with Gasteiger partial charge in [0.05, 0.1) is 7.11 Å². The van der Waals surface area contributed by atoms with Gasteiger partial charge in [0.1, 0.15) is 11.3 Å². The first-order valence-corrected chi connectivity index (χ1v) is 8.41. The number of nitrogens with one attached hydrogen (secondary N) is 1. The smallest absolute Gasteiger partial charge is 0.331 e. The number of ether oxygens (including phenoxy) is 2. The predicted molar refractivity (Wildman–Crippen MR) is 90.6 cm³/mol. The number of methoxy groups -OCH3 is 1. The molecule has 1 aliphatic carbocycles. The van der Waals surface area contributed by atoms with Gasteiger partial charge >= 0.3 is 5.97 Å². The average Bonchev–Trinajstić information content (AvgIpc) is 2.54. The first kappa shape index (κ1) is 17.1. The molecular formula is C16H20INO4. The summed E-state index contributed by atoms with van der Waals surface area (Å²) in [5, 5.41) is 2.82. The second-order valence-corrected chi connectivity index (χ2v) is 6.67. The van der Waals surface area contributed by atoms with Crippen molar-refractivity contribution in [3.05, 3.63) is 27.8 Å². The third kappa shape index (κ3) is 4.34. The van der Waals surface area contributed by atoms with E-state index in [0.717, 1.165) is 22.8 Å². The van der Waals surface area contributed by atoms with Crippen molar-refractivity contribution in [2.75, 3.05) is 13.7 Å². The summed E-state index contributed by atoms with van der Waals surface area (Å²) in [5.41, 5.74) is -0.889. The lowest BCUT2D eigenvalue weighted by molar-refractivity contribution is -0.152. The number of esters is 1. The second-order valence-electron chi connectivity index (χ2n) is 5.43. The van der Waals surface area contributed by atoms with Crippen LogP contribution in [0.1, 0.15) is 32.1 Å². The summed E-state index contributed by atoms with van der Waals surface area (Å²) in [6.07, 6.45) is 4.14. The zero-order valence-electron chi connectivity index (χ0n) is 12.6. The average molecular weight is 417 g/mol. The van der Waals surface area contributed by atoms with E-state index in [-0.39, 0.29) is 18.5 Å². The molecule has 0 atom stereocenters. The molecule has 1 saturated carbocycles. The first-order valence-electron chi connectivity index (χ1n) is 7.33. The topological polar surface area (TPSA) is 64.6 Å². The van der Waals surface area contributed by atoms with Crippen molar-refractivity contribution in [1.82, 2.24) is 5.32 Å². The predicted octanol–water partition coefficient (Wildman–Crippen LogP) is 2.66. The lowest BCUT2D eigenvalue weighted by Gasteiger charge is -2.35. The zero-order chi connectivity index (χ0) is 16.0. The summed E-state index contributed by atoms with van der Waals surface area (Å²) in [7, 11) is 1.35. The van der Waals surface area contributed by atoms with Crippen LogP contribution < -0.4 is 10.1 Å². The molecular weight excluding hydrogens is 397 g/mol. The molecule has 5 nitrogen and oxygen atoms in total. The van der Waals surface area contributed by atoms with Gasteiger partial charge in [0.25, 0.3) is 5.91 Å². The van der Waals surface area contributed by atoms with Gasteiger partial charge in [-0.05, 0) is 59.7 Å². The van der Waals surface area contributed by atoms with E-state index in [9.17, 15) is 9.59 Å². The number of hydrogen-bond acceptors (Lipinski definition) is 4. The van der Waals surface area contributed by atoms with Crippen molar-refractivity contribution in [3.63, 3.8) is 0 Å². The molecule has 2 rings (SSSR count). The zero-order valence-corrected chi connectivity index (χ0v) is 14.7. The summed E-state index contributed by atoms with van der Waals surface area (Å²) >= 11 is 2.20. The Kier molecular flexibility index (Phi) is 6.05. The molecule has 0 aromatic heterocycles. The molecule has 0 bridgehead atoms. The number of halogens is 1. The van der Waals surface area contributed by atoms with Gasteiger partial charge in [-0.25, -0.2) is 4.79 Å². The molecule has 0 heterocycles. The molecule has 1 aliphatic rings. The van der Waals surface area contributed by atoms with Crippen molar-refractivity contribution < 1.29 is 19.1 Å². The van der Waals surface area contributed by atoms with Gasteiger partial charge in [-0.1, -0.05) is 19.3 Å². The summed E-state index contributed by atoms with van der Waals surface area (Å²) in [5.74, 6) is -0.0352. The van der Waals surface area contributed by atoms with Crippen LogP contribution in [-0.4, -0.2) is 31.1 Å². The molecule has 1 aromatic rings. The summed E-state index contributed by atoms with van der Waals surface area (Å²) in [6.45, 7) is -0.112. The number of benzene rings is 1. The SMILES string of the molecule is COC(=O)C1(NC(=O)COc2ccc(I)cc2)CCCCC1. The first-order chi connectivity index (χ1) is 10.6. The van der Waals surface area contributed by atoms with Crippen LogP contribution in [0, 0.1) is 3.57 Å². The largest absolute Gasteiger partial charge is 0.484 e. The van der Waals surface area contributed by atoms with E-state index in [2.05, 4.69) is 27.9 Å². The summed E-state index contributed by atoms with van der Waals surface area (Å²) < 4.78 is 11.4. The molecule has 1 aromatic carbocycles. The number of amides is 1. The molecule has 0 unspecified atom stereocenters. The van der Waals surface area contributed by atoms with Gasteiger partial charge in [0.15, 0.2) is 6.61 Å². The highest BCUT2D eigenvalue weighted by Crippen LogP contribution is 2.29. The standard InChI is InChI=1S/C16H20INO4/c1-21-15(20)16(9-3-2-4-10-16)18-14(19)11-22-13-7-5-12(17)6-8-13/h5-8H,2-4,9-11H2,1H3,(H,18,19). The van der Waals surface area contributed by atoms with Crippen LogP contribution in [-0.2, 0) is 14.3 Å². The van der Waals surface area contributed by atoms with Crippen molar-refractivity contribution in [3.8, 4) is 5.75 Å². The Morgan fingerprint density at radius 3 is 2.41 bits per heavy atom. The van der Waals surface area contributed by atoms with Crippen LogP contribution in [0.3, 0.4) is 0 Å². The maximum atomic E-state index is 12.1. The molecule has 22 heavy (non-hydrogen) atoms. The van der Waals surface area contributed by atoms with Crippen LogP contribution in [0.2, 0.25) is 0 Å². The van der Waals surface area contributed by atoms with E-state index in [0.29, 0.717) is 18.6 Å². The minimum atomic E-state index is -0.889. The van der Waals surface area contributed by atoms with E-state index >= 15 is 0 Å². The molecule has 120 valence electrons. The van der Waals surface area contributed by atoms with Crippen LogP contribution >= 0.6 is 22.6 Å². The Balaban J connectivity index is 1.93. The number of rotatable bonds is 5. The van der Waals surface area contributed by atoms with Crippen molar-refractivity contribution in [1.29, 1.82) is 0 Å². The van der Waals surface area contributed by atoms with Crippen LogP contribution in [0.5, 0.6) is 5.75 Å². The fraction of sp³-hybridized carbons (Fsp3) is 0.500. The van der Waals surface area contributed by atoms with Crippen LogP contribution in [0.4, 0.5) is 0 Å². The third-order valence-corrected chi connectivity index (χ3v) is 4.56. The molecule has 0 radical (unpaired) electrons. The van der Waals surface area contributed by atoms with E-state index in [1.165, 1.54) is 7.11 Å². The van der Waals surface area contributed by atoms with Gasteiger partial charge < -0.3 is 14.8 Å². The molecule has 1 amide bonds. The monoisotopic (exact) mass is 417 g/mol. The molecule has 0 aliphatic heterocycles. The Hall–Kier alpha value is -1.31. The highest BCUT2D eigenvalue weighted by Gasteiger charge is 2.41. The van der Waals surface area contributed by atoms with Gasteiger partial charge in [0.2, 0.25) is 0 Å². The van der Waals surface area contributed by atoms with Crippen molar-refractivity contribution >= 4 is 34.5 Å². The molecule has 0 spiro atoms.